The zero-order valence-electron chi connectivity index (χ0n) is 59.7. The lowest BCUT2D eigenvalue weighted by Crippen LogP contribution is -2.37. The lowest BCUT2D eigenvalue weighted by Gasteiger charge is -2.28. The monoisotopic (exact) mass is 1300 g/mol. The number of phosphoric acid groups is 1. The molecule has 0 aromatic heterocycles. The molecule has 0 aliphatic rings. The lowest BCUT2D eigenvalue weighted by molar-refractivity contribution is -0.870. The topological polar surface area (TPSA) is 111 Å². The van der Waals surface area contributed by atoms with Crippen molar-refractivity contribution in [2.45, 2.75) is 302 Å². The third-order valence-corrected chi connectivity index (χ3v) is 16.5. The first-order valence-corrected chi connectivity index (χ1v) is 38.7. The van der Waals surface area contributed by atoms with Crippen LogP contribution >= 0.6 is 7.82 Å². The van der Waals surface area contributed by atoms with Gasteiger partial charge in [-0.15, -0.1) is 0 Å². The van der Waals surface area contributed by atoms with Crippen LogP contribution in [0.4, 0.5) is 0 Å². The Balaban J connectivity index is 4.06. The van der Waals surface area contributed by atoms with Crippen molar-refractivity contribution in [1.29, 1.82) is 0 Å². The number of hydrogen-bond acceptors (Lipinski definition) is 8. The Morgan fingerprint density at radius 3 is 0.902 bits per heavy atom. The SMILES string of the molecule is CC/C=C\C/C=C\C/C=C\C/C=C\C/C=C\C/C=C\C/C=C\C/C=C\C/C=C\CCCC(=O)OC(COC(=O)CCCCCCCCCCCCCCCCCCCCCCCCCCCC/C=C\C/C=C\C/C=C\C/C=C\CC)COP(=O)([O-])OCC[N+](C)(C)C. The van der Waals surface area contributed by atoms with Gasteiger partial charge in [-0.05, 0) is 116 Å². The first-order valence-electron chi connectivity index (χ1n) is 37.2. The third kappa shape index (κ3) is 74.7. The zero-order valence-corrected chi connectivity index (χ0v) is 60.6. The van der Waals surface area contributed by atoms with Gasteiger partial charge in [0.25, 0.3) is 7.82 Å². The van der Waals surface area contributed by atoms with Gasteiger partial charge in [-0.1, -0.05) is 326 Å². The molecular formula is C82H138NO8P. The van der Waals surface area contributed by atoms with Gasteiger partial charge in [0.2, 0.25) is 0 Å². The fraction of sp³-hybridized carbons (Fsp3) is 0.659. The number of carbonyl (C=O) groups excluding carboxylic acids is 2. The number of nitrogens with zero attached hydrogens (tertiary/aromatic N) is 1. The van der Waals surface area contributed by atoms with E-state index in [4.69, 9.17) is 18.5 Å². The average Bonchev–Trinajstić information content (AvgIpc) is 2.14. The molecule has 0 saturated carbocycles. The highest BCUT2D eigenvalue weighted by molar-refractivity contribution is 7.45. The Morgan fingerprint density at radius 2 is 0.598 bits per heavy atom. The minimum Gasteiger partial charge on any atom is -0.756 e. The van der Waals surface area contributed by atoms with E-state index in [0.29, 0.717) is 23.9 Å². The van der Waals surface area contributed by atoms with E-state index in [0.717, 1.165) is 103 Å². The van der Waals surface area contributed by atoms with Gasteiger partial charge in [-0.3, -0.25) is 14.2 Å². The van der Waals surface area contributed by atoms with E-state index in [-0.39, 0.29) is 26.1 Å². The molecular weight excluding hydrogens is 1160 g/mol. The molecule has 92 heavy (non-hydrogen) atoms. The second-order valence-corrected chi connectivity index (χ2v) is 27.0. The summed E-state index contributed by atoms with van der Waals surface area (Å²) in [5.74, 6) is -0.903. The standard InChI is InChI=1S/C82H138NO8P/c1-6-8-10-12-14-16-18-20-22-24-26-28-30-32-34-36-37-38-39-40-41-42-43-44-45-47-48-50-52-54-56-58-60-62-64-66-68-70-72-74-81(84)88-78-80(79-90-92(86,87)89-77-76-83(3,4)5)91-82(85)75-73-71-69-67-65-63-61-59-57-55-53-51-49-46-35-33-31-29-27-25-23-21-19-17-15-13-11-9-7-2/h8-11,14-17,20-23,26-29,33,35,49,51,55,57,61,63,67,69,80H,6-7,12-13,18-19,24-25,30-32,34,36-48,50,52-54,56,58-60,62,64-66,68,70-79H2,1-5H3/b10-8-,11-9-,16-14-,17-15-,22-20-,23-21-,28-26-,29-27-,35-33-,51-49-,57-55-,63-61-,69-67-. The predicted molar refractivity (Wildman–Crippen MR) is 397 cm³/mol. The highest BCUT2D eigenvalue weighted by Gasteiger charge is 2.22. The van der Waals surface area contributed by atoms with E-state index in [1.165, 1.54) is 154 Å². The summed E-state index contributed by atoms with van der Waals surface area (Å²) in [5.41, 5.74) is 0. The first kappa shape index (κ1) is 87.6. The number of hydrogen-bond donors (Lipinski definition) is 0. The van der Waals surface area contributed by atoms with Crippen molar-refractivity contribution in [1.82, 2.24) is 0 Å². The molecule has 2 unspecified atom stereocenters. The second-order valence-electron chi connectivity index (χ2n) is 25.5. The van der Waals surface area contributed by atoms with Crippen LogP contribution in [-0.2, 0) is 32.7 Å². The number of esters is 2. The summed E-state index contributed by atoms with van der Waals surface area (Å²) in [6.45, 7) is 3.96. The largest absolute Gasteiger partial charge is 0.756 e. The van der Waals surface area contributed by atoms with Crippen LogP contribution in [-0.4, -0.2) is 70.0 Å². The highest BCUT2D eigenvalue weighted by atomic mass is 31.2. The lowest BCUT2D eigenvalue weighted by atomic mass is 10.0. The van der Waals surface area contributed by atoms with E-state index in [9.17, 15) is 19.0 Å². The Hall–Kier alpha value is -4.37. The van der Waals surface area contributed by atoms with Crippen LogP contribution < -0.4 is 4.89 Å². The highest BCUT2D eigenvalue weighted by Crippen LogP contribution is 2.38. The van der Waals surface area contributed by atoms with Crippen molar-refractivity contribution in [3.8, 4) is 0 Å². The number of unbranched alkanes of at least 4 members (excludes halogenated alkanes) is 27. The van der Waals surface area contributed by atoms with Crippen molar-refractivity contribution in [2.75, 3.05) is 47.5 Å². The van der Waals surface area contributed by atoms with E-state index >= 15 is 0 Å². The molecule has 0 aliphatic carbocycles. The maximum Gasteiger partial charge on any atom is 0.306 e. The van der Waals surface area contributed by atoms with Crippen LogP contribution in [0.3, 0.4) is 0 Å². The van der Waals surface area contributed by atoms with Gasteiger partial charge in [0, 0.05) is 12.8 Å². The van der Waals surface area contributed by atoms with Crippen LogP contribution in [0, 0.1) is 0 Å². The van der Waals surface area contributed by atoms with Gasteiger partial charge in [-0.2, -0.15) is 0 Å². The number of carbonyl (C=O) groups is 2. The van der Waals surface area contributed by atoms with Crippen molar-refractivity contribution in [3.05, 3.63) is 158 Å². The third-order valence-electron chi connectivity index (χ3n) is 15.5. The van der Waals surface area contributed by atoms with Crippen LogP contribution in [0.5, 0.6) is 0 Å². The molecule has 0 radical (unpaired) electrons. The molecule has 9 nitrogen and oxygen atoms in total. The van der Waals surface area contributed by atoms with Crippen LogP contribution in [0.15, 0.2) is 158 Å². The molecule has 524 valence electrons. The maximum atomic E-state index is 12.8. The minimum atomic E-state index is -4.67. The summed E-state index contributed by atoms with van der Waals surface area (Å²) in [7, 11) is 1.12. The average molecular weight is 1300 g/mol. The summed E-state index contributed by atoms with van der Waals surface area (Å²) >= 11 is 0. The number of rotatable bonds is 67. The molecule has 0 rings (SSSR count). The smallest absolute Gasteiger partial charge is 0.306 e. The number of ether oxygens (including phenoxy) is 2. The number of quaternary nitrogens is 1. The molecule has 0 heterocycles. The van der Waals surface area contributed by atoms with Crippen LogP contribution in [0.2, 0.25) is 0 Å². The summed E-state index contributed by atoms with van der Waals surface area (Å²) in [6.07, 6.45) is 106. The molecule has 2 atom stereocenters. The summed E-state index contributed by atoms with van der Waals surface area (Å²) in [4.78, 5) is 38.1. The quantitative estimate of drug-likeness (QED) is 0.0195. The van der Waals surface area contributed by atoms with Gasteiger partial charge < -0.3 is 27.9 Å². The van der Waals surface area contributed by atoms with Gasteiger partial charge in [-0.25, -0.2) is 0 Å². The number of likely N-dealkylation sites (N-methyl/N-ethyl adjacent to an activating group) is 1. The molecule has 0 aromatic rings. The van der Waals surface area contributed by atoms with Gasteiger partial charge >= 0.3 is 11.9 Å². The van der Waals surface area contributed by atoms with E-state index < -0.39 is 32.5 Å². The Kier molecular flexibility index (Phi) is 67.6. The summed E-state index contributed by atoms with van der Waals surface area (Å²) in [5, 5.41) is 0. The number of phosphoric ester groups is 1. The summed E-state index contributed by atoms with van der Waals surface area (Å²) in [6, 6.07) is 0. The number of allylic oxidation sites excluding steroid dienone is 26. The Morgan fingerprint density at radius 1 is 0.337 bits per heavy atom. The molecule has 0 fully saturated rings. The normalized spacial score (nSPS) is 14.0. The Bertz CT molecular complexity index is 2110. The molecule has 0 aromatic carbocycles. The van der Waals surface area contributed by atoms with Gasteiger partial charge in [0.05, 0.1) is 27.7 Å². The molecule has 0 amide bonds. The van der Waals surface area contributed by atoms with E-state index in [2.05, 4.69) is 166 Å². The molecule has 0 N–H and O–H groups in total. The van der Waals surface area contributed by atoms with Crippen LogP contribution in [0.1, 0.15) is 296 Å². The minimum absolute atomic E-state index is 0.0482. The molecule has 10 heteroatoms. The first-order chi connectivity index (χ1) is 45.0. The van der Waals surface area contributed by atoms with E-state index in [1.807, 2.05) is 27.2 Å². The molecule has 0 spiro atoms. The predicted octanol–water partition coefficient (Wildman–Crippen LogP) is 24.1. The van der Waals surface area contributed by atoms with Crippen molar-refractivity contribution < 1.29 is 42.1 Å². The van der Waals surface area contributed by atoms with Gasteiger partial charge in [0.1, 0.15) is 19.8 Å². The van der Waals surface area contributed by atoms with Gasteiger partial charge in [0.15, 0.2) is 6.10 Å². The van der Waals surface area contributed by atoms with E-state index in [1.54, 1.807) is 0 Å². The maximum absolute atomic E-state index is 12.8. The molecule has 0 saturated heterocycles. The Labute approximate surface area is 566 Å². The fourth-order valence-electron chi connectivity index (χ4n) is 9.95. The second kappa shape index (κ2) is 70.9. The zero-order chi connectivity index (χ0) is 66.9. The van der Waals surface area contributed by atoms with Crippen molar-refractivity contribution in [3.63, 3.8) is 0 Å². The van der Waals surface area contributed by atoms with Crippen molar-refractivity contribution in [2.24, 2.45) is 0 Å². The van der Waals surface area contributed by atoms with Crippen LogP contribution in [0.25, 0.3) is 0 Å². The molecule has 0 aliphatic heterocycles. The molecule has 0 bridgehead atoms. The summed E-state index contributed by atoms with van der Waals surface area (Å²) < 4.78 is 34.2. The van der Waals surface area contributed by atoms with Crippen molar-refractivity contribution >= 4 is 19.8 Å². The fourth-order valence-corrected chi connectivity index (χ4v) is 10.7.